The van der Waals surface area contributed by atoms with Crippen molar-refractivity contribution in [1.82, 2.24) is 14.8 Å². The lowest BCUT2D eigenvalue weighted by molar-refractivity contribution is -0.113. The Morgan fingerprint density at radius 2 is 1.97 bits per heavy atom. The highest BCUT2D eigenvalue weighted by Crippen LogP contribution is 2.34. The van der Waals surface area contributed by atoms with Gasteiger partial charge in [-0.05, 0) is 36.8 Å². The Hall–Kier alpha value is -2.35. The molecule has 148 valence electrons. The van der Waals surface area contributed by atoms with E-state index in [9.17, 15) is 4.79 Å². The van der Waals surface area contributed by atoms with Gasteiger partial charge < -0.3 is 9.88 Å². The van der Waals surface area contributed by atoms with Gasteiger partial charge in [-0.3, -0.25) is 4.79 Å². The Balaban J connectivity index is 1.52. The number of benzene rings is 2. The third kappa shape index (κ3) is 4.47. The van der Waals surface area contributed by atoms with E-state index in [1.165, 1.54) is 21.8 Å². The van der Waals surface area contributed by atoms with E-state index >= 15 is 0 Å². The van der Waals surface area contributed by atoms with Gasteiger partial charge in [0.2, 0.25) is 5.91 Å². The normalized spacial score (nSPS) is 11.1. The number of aromatic nitrogens is 3. The minimum Gasteiger partial charge on any atom is -0.325 e. The third-order valence-electron chi connectivity index (χ3n) is 4.35. The van der Waals surface area contributed by atoms with Crippen molar-refractivity contribution >= 4 is 56.4 Å². The van der Waals surface area contributed by atoms with Gasteiger partial charge in [-0.15, -0.1) is 21.5 Å². The van der Waals surface area contributed by atoms with Crippen molar-refractivity contribution in [3.05, 3.63) is 58.9 Å². The highest BCUT2D eigenvalue weighted by Gasteiger charge is 2.18. The average Bonchev–Trinajstić information content (AvgIpc) is 3.32. The summed E-state index contributed by atoms with van der Waals surface area (Å²) >= 11 is 8.98. The summed E-state index contributed by atoms with van der Waals surface area (Å²) in [6.45, 7) is 2.92. The number of amides is 1. The number of thioether (sulfide) groups is 1. The van der Waals surface area contributed by atoms with Crippen molar-refractivity contribution in [2.24, 2.45) is 0 Å². The van der Waals surface area contributed by atoms with Crippen molar-refractivity contribution in [1.29, 1.82) is 0 Å². The zero-order valence-corrected chi connectivity index (χ0v) is 18.2. The quantitative estimate of drug-likeness (QED) is 0.359. The number of nitrogens with one attached hydrogen (secondary N) is 1. The zero-order chi connectivity index (χ0) is 20.2. The van der Waals surface area contributed by atoms with Crippen LogP contribution in [-0.4, -0.2) is 26.4 Å². The monoisotopic (exact) mass is 442 g/mol. The summed E-state index contributed by atoms with van der Waals surface area (Å²) in [5.41, 5.74) is 1.81. The molecule has 0 unspecified atom stereocenters. The van der Waals surface area contributed by atoms with Gasteiger partial charge in [0.25, 0.3) is 0 Å². The molecule has 2 heterocycles. The Bertz CT molecular complexity index is 1140. The Morgan fingerprint density at radius 1 is 1.17 bits per heavy atom. The van der Waals surface area contributed by atoms with E-state index in [0.29, 0.717) is 5.02 Å². The fraction of sp³-hybridized carbons (Fsp3) is 0.190. The predicted octanol–water partition coefficient (Wildman–Crippen LogP) is 5.95. The molecule has 0 saturated heterocycles. The fourth-order valence-corrected chi connectivity index (χ4v) is 4.86. The van der Waals surface area contributed by atoms with Crippen molar-refractivity contribution in [3.8, 4) is 11.4 Å². The van der Waals surface area contributed by atoms with E-state index in [4.69, 9.17) is 11.6 Å². The molecule has 8 heteroatoms. The molecule has 0 saturated carbocycles. The number of thiophene rings is 1. The summed E-state index contributed by atoms with van der Waals surface area (Å²) in [7, 11) is 0. The van der Waals surface area contributed by atoms with Crippen molar-refractivity contribution < 1.29 is 4.79 Å². The van der Waals surface area contributed by atoms with E-state index in [-0.39, 0.29) is 11.7 Å². The molecule has 0 aliphatic heterocycles. The van der Waals surface area contributed by atoms with Gasteiger partial charge in [0, 0.05) is 38.3 Å². The number of halogens is 1. The van der Waals surface area contributed by atoms with Crippen LogP contribution in [0.15, 0.2) is 59.1 Å². The number of rotatable bonds is 7. The Kier molecular flexibility index (Phi) is 6.18. The molecule has 1 N–H and O–H groups in total. The molecule has 0 atom stereocenters. The number of fused-ring (bicyclic) bond motifs is 1. The van der Waals surface area contributed by atoms with Crippen LogP contribution in [0.3, 0.4) is 0 Å². The van der Waals surface area contributed by atoms with Gasteiger partial charge in [-0.25, -0.2) is 0 Å². The predicted molar refractivity (Wildman–Crippen MR) is 122 cm³/mol. The highest BCUT2D eigenvalue weighted by molar-refractivity contribution is 7.99. The first kappa shape index (κ1) is 19.9. The molecule has 0 bridgehead atoms. The van der Waals surface area contributed by atoms with E-state index < -0.39 is 0 Å². The standard InChI is InChI=1S/C21H19ClN4OS2/c1-2-11-26-20(17-12-28-18-6-4-3-5-16(17)18)24-25-21(26)29-13-19(27)23-15-9-7-14(22)8-10-15/h3-10,12H,2,11,13H2,1H3,(H,23,27). The summed E-state index contributed by atoms with van der Waals surface area (Å²) in [6, 6.07) is 15.4. The average molecular weight is 443 g/mol. The summed E-state index contributed by atoms with van der Waals surface area (Å²) in [6.07, 6.45) is 0.956. The third-order valence-corrected chi connectivity index (χ3v) is 6.53. The molecule has 0 radical (unpaired) electrons. The van der Waals surface area contributed by atoms with Crippen LogP contribution in [0.25, 0.3) is 21.5 Å². The molecule has 0 fully saturated rings. The zero-order valence-electron chi connectivity index (χ0n) is 15.8. The molecular weight excluding hydrogens is 424 g/mol. The number of anilines is 1. The van der Waals surface area contributed by atoms with E-state index in [1.54, 1.807) is 35.6 Å². The second-order valence-electron chi connectivity index (χ2n) is 6.45. The van der Waals surface area contributed by atoms with Crippen LogP contribution >= 0.6 is 34.7 Å². The number of hydrogen-bond donors (Lipinski definition) is 1. The summed E-state index contributed by atoms with van der Waals surface area (Å²) in [4.78, 5) is 12.3. The molecule has 0 aliphatic rings. The van der Waals surface area contributed by atoms with Crippen LogP contribution in [0, 0.1) is 0 Å². The molecule has 4 rings (SSSR count). The summed E-state index contributed by atoms with van der Waals surface area (Å²) in [5.74, 6) is 1.02. The molecular formula is C21H19ClN4OS2. The molecule has 1 amide bonds. The lowest BCUT2D eigenvalue weighted by atomic mass is 10.1. The maximum atomic E-state index is 12.3. The minimum absolute atomic E-state index is 0.0918. The largest absolute Gasteiger partial charge is 0.325 e. The van der Waals surface area contributed by atoms with Crippen LogP contribution in [0.5, 0.6) is 0 Å². The van der Waals surface area contributed by atoms with E-state index in [1.807, 2.05) is 12.1 Å². The molecule has 0 aliphatic carbocycles. The van der Waals surface area contributed by atoms with Crippen LogP contribution in [0.4, 0.5) is 5.69 Å². The number of hydrogen-bond acceptors (Lipinski definition) is 5. The second kappa shape index (κ2) is 8.98. The maximum absolute atomic E-state index is 12.3. The second-order valence-corrected chi connectivity index (χ2v) is 8.74. The van der Waals surface area contributed by atoms with E-state index in [0.717, 1.165) is 35.2 Å². The number of carbonyl (C=O) groups excluding carboxylic acids is 1. The Morgan fingerprint density at radius 3 is 2.76 bits per heavy atom. The minimum atomic E-state index is -0.0918. The van der Waals surface area contributed by atoms with Crippen LogP contribution in [0.2, 0.25) is 5.02 Å². The van der Waals surface area contributed by atoms with Gasteiger partial charge in [0.1, 0.15) is 0 Å². The number of carbonyl (C=O) groups is 1. The topological polar surface area (TPSA) is 59.8 Å². The molecule has 29 heavy (non-hydrogen) atoms. The molecule has 5 nitrogen and oxygen atoms in total. The Labute approximate surface area is 182 Å². The van der Waals surface area contributed by atoms with Gasteiger partial charge in [0.15, 0.2) is 11.0 Å². The highest BCUT2D eigenvalue weighted by atomic mass is 35.5. The maximum Gasteiger partial charge on any atom is 0.234 e. The lowest BCUT2D eigenvalue weighted by Crippen LogP contribution is -2.14. The fourth-order valence-electron chi connectivity index (χ4n) is 3.03. The molecule has 0 spiro atoms. The van der Waals surface area contributed by atoms with Gasteiger partial charge in [-0.2, -0.15) is 0 Å². The van der Waals surface area contributed by atoms with Crippen LogP contribution in [-0.2, 0) is 11.3 Å². The lowest BCUT2D eigenvalue weighted by Gasteiger charge is -2.09. The van der Waals surface area contributed by atoms with Crippen molar-refractivity contribution in [3.63, 3.8) is 0 Å². The van der Waals surface area contributed by atoms with Crippen LogP contribution < -0.4 is 5.32 Å². The van der Waals surface area contributed by atoms with Gasteiger partial charge >= 0.3 is 0 Å². The SMILES string of the molecule is CCCn1c(SCC(=O)Nc2ccc(Cl)cc2)nnc1-c1csc2ccccc12. The smallest absolute Gasteiger partial charge is 0.234 e. The van der Waals surface area contributed by atoms with Gasteiger partial charge in [-0.1, -0.05) is 48.5 Å². The molecule has 2 aromatic heterocycles. The summed E-state index contributed by atoms with van der Waals surface area (Å²) in [5, 5.41) is 16.4. The van der Waals surface area contributed by atoms with Gasteiger partial charge in [0.05, 0.1) is 5.75 Å². The molecule has 4 aromatic rings. The first-order chi connectivity index (χ1) is 14.2. The molecule has 2 aromatic carbocycles. The van der Waals surface area contributed by atoms with Crippen molar-refractivity contribution in [2.45, 2.75) is 25.0 Å². The van der Waals surface area contributed by atoms with Crippen molar-refractivity contribution in [2.75, 3.05) is 11.1 Å². The first-order valence-electron chi connectivity index (χ1n) is 9.23. The van der Waals surface area contributed by atoms with Crippen LogP contribution in [0.1, 0.15) is 13.3 Å². The van der Waals surface area contributed by atoms with E-state index in [2.05, 4.69) is 44.5 Å². The summed E-state index contributed by atoms with van der Waals surface area (Å²) < 4.78 is 3.33. The first-order valence-corrected chi connectivity index (χ1v) is 11.5. The number of nitrogens with zero attached hydrogens (tertiary/aromatic N) is 3.